The van der Waals surface area contributed by atoms with Crippen LogP contribution in [0.4, 0.5) is 13.2 Å². The van der Waals surface area contributed by atoms with Gasteiger partial charge < -0.3 is 11.1 Å². The van der Waals surface area contributed by atoms with Gasteiger partial charge in [0.25, 0.3) is 0 Å². The van der Waals surface area contributed by atoms with E-state index in [4.69, 9.17) is 5.73 Å². The molecule has 2 aromatic heterocycles. The van der Waals surface area contributed by atoms with E-state index in [-0.39, 0.29) is 11.5 Å². The molecule has 0 aliphatic rings. The summed E-state index contributed by atoms with van der Waals surface area (Å²) < 4.78 is 40.7. The lowest BCUT2D eigenvalue weighted by molar-refractivity contribution is -0.138. The van der Waals surface area contributed by atoms with E-state index in [1.807, 2.05) is 30.3 Å². The van der Waals surface area contributed by atoms with Gasteiger partial charge in [0.1, 0.15) is 0 Å². The number of hydrogen-bond acceptors (Lipinski definition) is 4. The quantitative estimate of drug-likeness (QED) is 0.659. The second-order valence-corrected chi connectivity index (χ2v) is 7.47. The van der Waals surface area contributed by atoms with Crippen LogP contribution < -0.4 is 11.1 Å². The molecule has 6 nitrogen and oxygen atoms in total. The van der Waals surface area contributed by atoms with Crippen molar-refractivity contribution >= 4 is 11.6 Å². The van der Waals surface area contributed by atoms with Crippen molar-refractivity contribution in [2.45, 2.75) is 44.4 Å². The third kappa shape index (κ3) is 4.92. The van der Waals surface area contributed by atoms with E-state index in [2.05, 4.69) is 15.5 Å². The van der Waals surface area contributed by atoms with Gasteiger partial charge >= 0.3 is 6.18 Å². The van der Waals surface area contributed by atoms with Gasteiger partial charge in [0.15, 0.2) is 11.5 Å². The molecule has 0 saturated heterocycles. The molecule has 0 saturated carbocycles. The second kappa shape index (κ2) is 7.82. The first kappa shape index (κ1) is 20.8. The number of amides is 1. The van der Waals surface area contributed by atoms with Gasteiger partial charge in [0, 0.05) is 6.20 Å². The summed E-state index contributed by atoms with van der Waals surface area (Å²) in [5, 5.41) is 10.8. The molecule has 1 amide bonds. The van der Waals surface area contributed by atoms with Crippen molar-refractivity contribution in [3.05, 3.63) is 65.6 Å². The number of nitrogens with zero attached hydrogens (tertiary/aromatic N) is 3. The summed E-state index contributed by atoms with van der Waals surface area (Å²) in [7, 11) is 0. The summed E-state index contributed by atoms with van der Waals surface area (Å²) in [6.07, 6.45) is -2.55. The van der Waals surface area contributed by atoms with E-state index in [1.54, 1.807) is 13.8 Å². The van der Waals surface area contributed by atoms with E-state index in [9.17, 15) is 18.0 Å². The Balaban J connectivity index is 1.97. The predicted molar refractivity (Wildman–Crippen MR) is 102 cm³/mol. The van der Waals surface area contributed by atoms with Crippen LogP contribution in [0, 0.1) is 0 Å². The Kier molecular flexibility index (Phi) is 5.61. The Morgan fingerprint density at radius 3 is 2.45 bits per heavy atom. The van der Waals surface area contributed by atoms with Gasteiger partial charge in [-0.3, -0.25) is 9.20 Å². The molecule has 0 radical (unpaired) electrons. The summed E-state index contributed by atoms with van der Waals surface area (Å²) in [4.78, 5) is 12.5. The zero-order valence-electron chi connectivity index (χ0n) is 16.1. The number of hydrogen-bond donors (Lipinski definition) is 2. The number of halogens is 3. The van der Waals surface area contributed by atoms with Crippen LogP contribution in [-0.2, 0) is 17.4 Å². The molecular formula is C20H22F3N5O. The van der Waals surface area contributed by atoms with Crippen molar-refractivity contribution in [1.82, 2.24) is 19.9 Å². The third-order valence-electron chi connectivity index (χ3n) is 4.52. The van der Waals surface area contributed by atoms with E-state index in [0.717, 1.165) is 17.8 Å². The molecular weight excluding hydrogens is 383 g/mol. The number of aryl methyl sites for hydroxylation is 1. The van der Waals surface area contributed by atoms with Crippen LogP contribution in [-0.4, -0.2) is 26.0 Å². The molecule has 0 bridgehead atoms. The van der Waals surface area contributed by atoms with Crippen LogP contribution in [0.1, 0.15) is 43.3 Å². The molecule has 29 heavy (non-hydrogen) atoms. The molecule has 0 unspecified atom stereocenters. The number of pyridine rings is 1. The van der Waals surface area contributed by atoms with Crippen LogP contribution in [0.15, 0.2) is 48.7 Å². The smallest absolute Gasteiger partial charge is 0.344 e. The fourth-order valence-corrected chi connectivity index (χ4v) is 2.88. The van der Waals surface area contributed by atoms with Crippen molar-refractivity contribution < 1.29 is 18.0 Å². The number of aromatic nitrogens is 3. The number of rotatable bonds is 6. The molecule has 0 fully saturated rings. The van der Waals surface area contributed by atoms with Crippen molar-refractivity contribution in [3.63, 3.8) is 0 Å². The summed E-state index contributed by atoms with van der Waals surface area (Å²) in [6, 6.07) is 11.1. The summed E-state index contributed by atoms with van der Waals surface area (Å²) in [5.41, 5.74) is 5.20. The zero-order chi connectivity index (χ0) is 21.2. The van der Waals surface area contributed by atoms with Gasteiger partial charge in [-0.25, -0.2) is 0 Å². The Morgan fingerprint density at radius 2 is 1.83 bits per heavy atom. The van der Waals surface area contributed by atoms with Gasteiger partial charge in [0.05, 0.1) is 17.1 Å². The molecule has 1 atom stereocenters. The van der Waals surface area contributed by atoms with E-state index in [0.29, 0.717) is 12.8 Å². The first-order chi connectivity index (χ1) is 13.6. The van der Waals surface area contributed by atoms with Gasteiger partial charge in [-0.2, -0.15) is 13.2 Å². The predicted octanol–water partition coefficient (Wildman–Crippen LogP) is 3.28. The Morgan fingerprint density at radius 1 is 1.14 bits per heavy atom. The molecule has 3 aromatic rings. The minimum absolute atomic E-state index is 0.222. The normalized spacial score (nSPS) is 13.4. The lowest BCUT2D eigenvalue weighted by Gasteiger charge is -2.23. The maximum absolute atomic E-state index is 13.2. The molecule has 1 aromatic carbocycles. The highest BCUT2D eigenvalue weighted by atomic mass is 19.4. The number of carbonyl (C=O) groups is 1. The fraction of sp³-hybridized carbons (Fsp3) is 0.350. The standard InChI is InChI=1S/C20H22F3N5O/c1-19(2,24)18(29)25-15(10-8-13-6-4-3-5-7-13)17-27-26-16-11-9-14(12-28(16)17)20(21,22)23/h3-7,9,11-12,15H,8,10,24H2,1-2H3,(H,25,29)/t15-/m1/s1. The Bertz CT molecular complexity index is 993. The fourth-order valence-electron chi connectivity index (χ4n) is 2.88. The largest absolute Gasteiger partial charge is 0.417 e. The second-order valence-electron chi connectivity index (χ2n) is 7.47. The van der Waals surface area contributed by atoms with Crippen LogP contribution in [0.5, 0.6) is 0 Å². The third-order valence-corrected chi connectivity index (χ3v) is 4.52. The van der Waals surface area contributed by atoms with Crippen LogP contribution in [0.3, 0.4) is 0 Å². The SMILES string of the molecule is CC(C)(N)C(=O)N[C@H](CCc1ccccc1)c1nnc2ccc(C(F)(F)F)cn12. The molecule has 2 heterocycles. The van der Waals surface area contributed by atoms with Gasteiger partial charge in [-0.15, -0.1) is 10.2 Å². The number of alkyl halides is 3. The van der Waals surface area contributed by atoms with Gasteiger partial charge in [0.2, 0.25) is 5.91 Å². The van der Waals surface area contributed by atoms with Crippen molar-refractivity contribution in [2.75, 3.05) is 0 Å². The monoisotopic (exact) mass is 405 g/mol. The lowest BCUT2D eigenvalue weighted by Crippen LogP contribution is -2.50. The summed E-state index contributed by atoms with van der Waals surface area (Å²) >= 11 is 0. The first-order valence-electron chi connectivity index (χ1n) is 9.11. The molecule has 154 valence electrons. The van der Waals surface area contributed by atoms with Crippen LogP contribution in [0.2, 0.25) is 0 Å². The average Bonchev–Trinajstić information content (AvgIpc) is 3.07. The Labute approximate surface area is 165 Å². The number of fused-ring (bicyclic) bond motifs is 1. The minimum atomic E-state index is -4.50. The van der Waals surface area contributed by atoms with Crippen molar-refractivity contribution in [1.29, 1.82) is 0 Å². The van der Waals surface area contributed by atoms with E-state index >= 15 is 0 Å². The summed E-state index contributed by atoms with van der Waals surface area (Å²) in [6.45, 7) is 3.11. The number of nitrogens with two attached hydrogens (primary N) is 1. The molecule has 0 aliphatic carbocycles. The number of carbonyl (C=O) groups excluding carboxylic acids is 1. The average molecular weight is 405 g/mol. The topological polar surface area (TPSA) is 85.3 Å². The molecule has 9 heteroatoms. The molecule has 0 spiro atoms. The number of nitrogens with one attached hydrogen (secondary N) is 1. The van der Waals surface area contributed by atoms with Crippen molar-refractivity contribution in [2.24, 2.45) is 5.73 Å². The van der Waals surface area contributed by atoms with Gasteiger partial charge in [-0.05, 0) is 44.4 Å². The summed E-state index contributed by atoms with van der Waals surface area (Å²) in [5.74, 6) is -0.209. The van der Waals surface area contributed by atoms with Crippen LogP contribution in [0.25, 0.3) is 5.65 Å². The highest BCUT2D eigenvalue weighted by Gasteiger charge is 2.32. The van der Waals surface area contributed by atoms with Crippen molar-refractivity contribution in [3.8, 4) is 0 Å². The highest BCUT2D eigenvalue weighted by molar-refractivity contribution is 5.85. The maximum Gasteiger partial charge on any atom is 0.417 e. The highest BCUT2D eigenvalue weighted by Crippen LogP contribution is 2.30. The molecule has 0 aliphatic heterocycles. The van der Waals surface area contributed by atoms with Crippen LogP contribution >= 0.6 is 0 Å². The minimum Gasteiger partial charge on any atom is -0.344 e. The zero-order valence-corrected chi connectivity index (χ0v) is 16.1. The van der Waals surface area contributed by atoms with Gasteiger partial charge in [-0.1, -0.05) is 30.3 Å². The van der Waals surface area contributed by atoms with E-state index in [1.165, 1.54) is 10.5 Å². The molecule has 3 rings (SSSR count). The lowest BCUT2D eigenvalue weighted by atomic mass is 10.0. The first-order valence-corrected chi connectivity index (χ1v) is 9.11. The molecule has 3 N–H and O–H groups in total. The number of benzene rings is 1. The maximum atomic E-state index is 13.2. The van der Waals surface area contributed by atoms with E-state index < -0.39 is 29.2 Å². The Hall–Kier alpha value is -2.94.